The molecule has 1 aliphatic heterocycles. The van der Waals surface area contributed by atoms with Crippen LogP contribution in [0.3, 0.4) is 0 Å². The Morgan fingerprint density at radius 3 is 2.67 bits per heavy atom. The summed E-state index contributed by atoms with van der Waals surface area (Å²) in [6.45, 7) is 4.97. The minimum atomic E-state index is 0.0121. The van der Waals surface area contributed by atoms with Gasteiger partial charge >= 0.3 is 0 Å². The standard InChI is InChI=1S/C25H25N3O2/c1-18-7-5-8-19(2)23(18)16-25(29)28-11-3-4-12-30-22-10-6-9-20(14-22)13-21-15-24(28)27-17-26-21/h3-10,14-15,17H,11-13,16H2,1-2H3/b4-3-. The van der Waals surface area contributed by atoms with Crippen molar-refractivity contribution in [1.29, 1.82) is 0 Å². The number of aromatic nitrogens is 2. The molecule has 0 saturated carbocycles. The molecule has 0 N–H and O–H groups in total. The molecule has 0 spiro atoms. The van der Waals surface area contributed by atoms with Crippen LogP contribution in [0.5, 0.6) is 5.75 Å². The number of aryl methyl sites for hydroxylation is 2. The van der Waals surface area contributed by atoms with Gasteiger partial charge in [-0.15, -0.1) is 0 Å². The van der Waals surface area contributed by atoms with Crippen LogP contribution < -0.4 is 9.64 Å². The number of fused-ring (bicyclic) bond motifs is 4. The maximum absolute atomic E-state index is 13.3. The van der Waals surface area contributed by atoms with E-state index >= 15 is 0 Å². The van der Waals surface area contributed by atoms with Gasteiger partial charge in [0.25, 0.3) is 0 Å². The lowest BCUT2D eigenvalue weighted by atomic mass is 9.99. The summed E-state index contributed by atoms with van der Waals surface area (Å²) in [7, 11) is 0. The largest absolute Gasteiger partial charge is 0.490 e. The Labute approximate surface area is 177 Å². The normalized spacial score (nSPS) is 14.7. The molecule has 4 bridgehead atoms. The van der Waals surface area contributed by atoms with Crippen molar-refractivity contribution in [3.63, 3.8) is 0 Å². The van der Waals surface area contributed by atoms with Crippen molar-refractivity contribution in [3.05, 3.63) is 95.0 Å². The average molecular weight is 399 g/mol. The molecule has 0 radical (unpaired) electrons. The highest BCUT2D eigenvalue weighted by atomic mass is 16.5. The van der Waals surface area contributed by atoms with E-state index in [1.54, 1.807) is 4.90 Å². The fraction of sp³-hybridized carbons (Fsp3) is 0.240. The molecule has 1 aromatic heterocycles. The first kappa shape index (κ1) is 19.8. The molecule has 0 aliphatic carbocycles. The number of hydrogen-bond donors (Lipinski definition) is 0. The molecule has 5 heteroatoms. The average Bonchev–Trinajstić information content (AvgIpc) is 2.74. The second-order valence-corrected chi connectivity index (χ2v) is 7.53. The number of benzene rings is 2. The summed E-state index contributed by atoms with van der Waals surface area (Å²) in [5, 5.41) is 0. The third kappa shape index (κ3) is 4.57. The first-order valence-corrected chi connectivity index (χ1v) is 10.1. The summed E-state index contributed by atoms with van der Waals surface area (Å²) >= 11 is 0. The minimum absolute atomic E-state index is 0.0121. The predicted molar refractivity (Wildman–Crippen MR) is 118 cm³/mol. The SMILES string of the molecule is Cc1cccc(C)c1CC(=O)N1C/C=C\COc2cccc(c2)Cc2cc1ncn2. The zero-order chi connectivity index (χ0) is 20.9. The van der Waals surface area contributed by atoms with E-state index in [4.69, 9.17) is 4.74 Å². The summed E-state index contributed by atoms with van der Waals surface area (Å²) in [6.07, 6.45) is 6.41. The molecular weight excluding hydrogens is 374 g/mol. The van der Waals surface area contributed by atoms with Crippen molar-refractivity contribution in [3.8, 4) is 5.75 Å². The highest BCUT2D eigenvalue weighted by molar-refractivity contribution is 5.94. The van der Waals surface area contributed by atoms with Gasteiger partial charge < -0.3 is 4.74 Å². The number of carbonyl (C=O) groups excluding carboxylic acids is 1. The number of ether oxygens (including phenoxy) is 1. The van der Waals surface area contributed by atoms with Crippen molar-refractivity contribution >= 4 is 11.7 Å². The van der Waals surface area contributed by atoms with Crippen LogP contribution >= 0.6 is 0 Å². The van der Waals surface area contributed by atoms with Gasteiger partial charge in [-0.3, -0.25) is 9.69 Å². The number of hydrogen-bond acceptors (Lipinski definition) is 4. The predicted octanol–water partition coefficient (Wildman–Crippen LogP) is 4.21. The highest BCUT2D eigenvalue weighted by Gasteiger charge is 2.19. The molecule has 2 heterocycles. The van der Waals surface area contributed by atoms with E-state index in [0.29, 0.717) is 31.8 Å². The van der Waals surface area contributed by atoms with E-state index < -0.39 is 0 Å². The molecular formula is C25H25N3O2. The van der Waals surface area contributed by atoms with Crippen LogP contribution in [-0.4, -0.2) is 29.0 Å². The number of nitrogens with zero attached hydrogens (tertiary/aromatic N) is 3. The van der Waals surface area contributed by atoms with Crippen molar-refractivity contribution < 1.29 is 9.53 Å². The summed E-state index contributed by atoms with van der Waals surface area (Å²) < 4.78 is 5.82. The van der Waals surface area contributed by atoms with Crippen LogP contribution in [0.25, 0.3) is 0 Å². The molecule has 1 amide bonds. The van der Waals surface area contributed by atoms with E-state index in [-0.39, 0.29) is 5.91 Å². The van der Waals surface area contributed by atoms with Gasteiger partial charge in [0.2, 0.25) is 5.91 Å². The first-order valence-electron chi connectivity index (χ1n) is 10.1. The van der Waals surface area contributed by atoms with E-state index in [2.05, 4.69) is 9.97 Å². The van der Waals surface area contributed by atoms with Gasteiger partial charge in [0, 0.05) is 19.0 Å². The molecule has 0 saturated heterocycles. The van der Waals surface area contributed by atoms with Crippen molar-refractivity contribution in [1.82, 2.24) is 9.97 Å². The number of rotatable bonds is 2. The zero-order valence-corrected chi connectivity index (χ0v) is 17.3. The Kier molecular flexibility index (Phi) is 5.89. The molecule has 30 heavy (non-hydrogen) atoms. The molecule has 3 aromatic rings. The highest BCUT2D eigenvalue weighted by Crippen LogP contribution is 2.21. The fourth-order valence-electron chi connectivity index (χ4n) is 3.67. The smallest absolute Gasteiger partial charge is 0.232 e. The van der Waals surface area contributed by atoms with Gasteiger partial charge in [-0.2, -0.15) is 0 Å². The van der Waals surface area contributed by atoms with Gasteiger partial charge in [0.15, 0.2) is 0 Å². The van der Waals surface area contributed by atoms with E-state index in [9.17, 15) is 4.79 Å². The third-order valence-electron chi connectivity index (χ3n) is 5.34. The number of amides is 1. The summed E-state index contributed by atoms with van der Waals surface area (Å²) in [4.78, 5) is 23.9. The maximum atomic E-state index is 13.3. The zero-order valence-electron chi connectivity index (χ0n) is 17.3. The lowest BCUT2D eigenvalue weighted by Gasteiger charge is -2.22. The quantitative estimate of drug-likeness (QED) is 0.606. The molecule has 0 fully saturated rings. The summed E-state index contributed by atoms with van der Waals surface area (Å²) in [5.41, 5.74) is 5.30. The van der Waals surface area contributed by atoms with Crippen LogP contribution in [0.2, 0.25) is 0 Å². The van der Waals surface area contributed by atoms with Crippen LogP contribution in [0.1, 0.15) is 27.9 Å². The molecule has 0 unspecified atom stereocenters. The summed E-state index contributed by atoms with van der Waals surface area (Å²) in [6, 6.07) is 16.0. The van der Waals surface area contributed by atoms with Crippen LogP contribution in [-0.2, 0) is 17.6 Å². The topological polar surface area (TPSA) is 55.3 Å². The van der Waals surface area contributed by atoms with Gasteiger partial charge in [-0.25, -0.2) is 9.97 Å². The molecule has 2 aromatic carbocycles. The van der Waals surface area contributed by atoms with Crippen molar-refractivity contribution in [2.75, 3.05) is 18.1 Å². The Bertz CT molecular complexity index is 1070. The molecule has 1 aliphatic rings. The fourth-order valence-corrected chi connectivity index (χ4v) is 3.67. The second-order valence-electron chi connectivity index (χ2n) is 7.53. The van der Waals surface area contributed by atoms with Gasteiger partial charge in [-0.1, -0.05) is 36.4 Å². The monoisotopic (exact) mass is 399 g/mol. The Hall–Kier alpha value is -3.47. The maximum Gasteiger partial charge on any atom is 0.232 e. The number of carbonyl (C=O) groups is 1. The van der Waals surface area contributed by atoms with E-state index in [1.807, 2.05) is 74.5 Å². The Balaban J connectivity index is 1.66. The van der Waals surface area contributed by atoms with Gasteiger partial charge in [0.1, 0.15) is 24.5 Å². The van der Waals surface area contributed by atoms with Crippen LogP contribution in [0.4, 0.5) is 5.82 Å². The van der Waals surface area contributed by atoms with E-state index in [0.717, 1.165) is 33.7 Å². The minimum Gasteiger partial charge on any atom is -0.490 e. The van der Waals surface area contributed by atoms with Crippen LogP contribution in [0, 0.1) is 13.8 Å². The lowest BCUT2D eigenvalue weighted by Crippen LogP contribution is -2.33. The van der Waals surface area contributed by atoms with Crippen molar-refractivity contribution in [2.24, 2.45) is 0 Å². The first-order chi connectivity index (χ1) is 14.6. The van der Waals surface area contributed by atoms with Crippen molar-refractivity contribution in [2.45, 2.75) is 26.7 Å². The van der Waals surface area contributed by atoms with Crippen LogP contribution in [0.15, 0.2) is 67.0 Å². The van der Waals surface area contributed by atoms with Gasteiger partial charge in [-0.05, 0) is 54.3 Å². The van der Waals surface area contributed by atoms with E-state index in [1.165, 1.54) is 6.33 Å². The van der Waals surface area contributed by atoms with Gasteiger partial charge in [0.05, 0.1) is 12.1 Å². The molecule has 0 atom stereocenters. The number of anilines is 1. The molecule has 152 valence electrons. The Morgan fingerprint density at radius 2 is 1.83 bits per heavy atom. The summed E-state index contributed by atoms with van der Waals surface area (Å²) in [5.74, 6) is 1.46. The third-order valence-corrected chi connectivity index (χ3v) is 5.34. The Morgan fingerprint density at radius 1 is 1.03 bits per heavy atom. The lowest BCUT2D eigenvalue weighted by molar-refractivity contribution is -0.117. The second kappa shape index (κ2) is 8.91. The molecule has 4 rings (SSSR count). The molecule has 5 nitrogen and oxygen atoms in total.